The van der Waals surface area contributed by atoms with Crippen molar-refractivity contribution < 1.29 is 9.59 Å². The molecular formula is C16H19N3O2. The Morgan fingerprint density at radius 3 is 2.48 bits per heavy atom. The van der Waals surface area contributed by atoms with Gasteiger partial charge in [0.25, 0.3) is 5.91 Å². The minimum absolute atomic E-state index is 0.0365. The molecule has 1 saturated heterocycles. The smallest absolute Gasteiger partial charge is 0.253 e. The number of carbonyl (C=O) groups excluding carboxylic acids is 2. The predicted molar refractivity (Wildman–Crippen MR) is 81.6 cm³/mol. The van der Waals surface area contributed by atoms with E-state index in [4.69, 9.17) is 12.2 Å². The van der Waals surface area contributed by atoms with Gasteiger partial charge in [0.2, 0.25) is 5.91 Å². The Balaban J connectivity index is 1.97. The van der Waals surface area contributed by atoms with Gasteiger partial charge in [0.1, 0.15) is 0 Å². The Hall–Kier alpha value is -2.32. The molecule has 0 radical (unpaired) electrons. The molecule has 1 fully saturated rings. The molecule has 1 aliphatic heterocycles. The van der Waals surface area contributed by atoms with E-state index in [0.717, 1.165) is 25.9 Å². The van der Waals surface area contributed by atoms with Crippen molar-refractivity contribution in [1.29, 1.82) is 0 Å². The molecule has 5 heteroatoms. The fourth-order valence-corrected chi connectivity index (χ4v) is 2.25. The molecule has 0 aliphatic carbocycles. The summed E-state index contributed by atoms with van der Waals surface area (Å²) in [5.74, 6) is 2.06. The van der Waals surface area contributed by atoms with Crippen LogP contribution in [0.5, 0.6) is 0 Å². The highest BCUT2D eigenvalue weighted by molar-refractivity contribution is 5.97. The van der Waals surface area contributed by atoms with Crippen molar-refractivity contribution >= 4 is 17.5 Å². The van der Waals surface area contributed by atoms with E-state index in [1.165, 1.54) is 0 Å². The molecule has 3 N–H and O–H groups in total. The van der Waals surface area contributed by atoms with Gasteiger partial charge < -0.3 is 16.0 Å². The maximum atomic E-state index is 12.2. The summed E-state index contributed by atoms with van der Waals surface area (Å²) in [4.78, 5) is 25.7. The minimum Gasteiger partial charge on any atom is -0.339 e. The van der Waals surface area contributed by atoms with Gasteiger partial charge in [-0.3, -0.25) is 9.59 Å². The third kappa shape index (κ3) is 3.83. The van der Waals surface area contributed by atoms with E-state index in [1.54, 1.807) is 24.3 Å². The second-order valence-corrected chi connectivity index (χ2v) is 5.08. The Bertz CT molecular complexity index is 554. The number of anilines is 1. The van der Waals surface area contributed by atoms with Crippen LogP contribution in [0.4, 0.5) is 5.69 Å². The Morgan fingerprint density at radius 2 is 1.90 bits per heavy atom. The van der Waals surface area contributed by atoms with Gasteiger partial charge in [-0.15, -0.1) is 12.3 Å². The third-order valence-electron chi connectivity index (χ3n) is 3.47. The number of terminal acetylenes is 1. The van der Waals surface area contributed by atoms with Crippen molar-refractivity contribution in [3.63, 3.8) is 0 Å². The van der Waals surface area contributed by atoms with Gasteiger partial charge in [-0.1, -0.05) is 0 Å². The summed E-state index contributed by atoms with van der Waals surface area (Å²) in [5.41, 5.74) is 6.85. The van der Waals surface area contributed by atoms with Crippen molar-refractivity contribution in [2.75, 3.05) is 18.4 Å². The van der Waals surface area contributed by atoms with Crippen LogP contribution in [0.15, 0.2) is 24.3 Å². The Kier molecular flexibility index (Phi) is 4.96. The van der Waals surface area contributed by atoms with Crippen molar-refractivity contribution in [3.8, 4) is 12.3 Å². The lowest BCUT2D eigenvalue weighted by Crippen LogP contribution is -2.35. The maximum absolute atomic E-state index is 12.2. The molecule has 0 bridgehead atoms. The molecule has 1 aromatic carbocycles. The normalized spacial score (nSPS) is 15.3. The van der Waals surface area contributed by atoms with Gasteiger partial charge in [-0.25, -0.2) is 0 Å². The summed E-state index contributed by atoms with van der Waals surface area (Å²) in [6.45, 7) is 1.64. The second kappa shape index (κ2) is 6.91. The first-order chi connectivity index (χ1) is 10.1. The molecule has 110 valence electrons. The fraction of sp³-hybridized carbons (Fsp3) is 0.375. The second-order valence-electron chi connectivity index (χ2n) is 5.08. The molecule has 2 rings (SSSR count). The molecule has 2 amide bonds. The average Bonchev–Trinajstić information content (AvgIpc) is 3.01. The van der Waals surface area contributed by atoms with E-state index in [2.05, 4.69) is 11.2 Å². The molecule has 21 heavy (non-hydrogen) atoms. The van der Waals surface area contributed by atoms with Crippen molar-refractivity contribution in [1.82, 2.24) is 4.90 Å². The molecule has 1 unspecified atom stereocenters. The van der Waals surface area contributed by atoms with Crippen molar-refractivity contribution in [2.24, 2.45) is 5.73 Å². The summed E-state index contributed by atoms with van der Waals surface area (Å²) in [7, 11) is 0. The third-order valence-corrected chi connectivity index (χ3v) is 3.47. The summed E-state index contributed by atoms with van der Waals surface area (Å²) in [5, 5.41) is 2.68. The number of nitrogens with one attached hydrogen (secondary N) is 1. The highest BCUT2D eigenvalue weighted by Gasteiger charge is 2.19. The van der Waals surface area contributed by atoms with E-state index in [9.17, 15) is 9.59 Å². The van der Waals surface area contributed by atoms with Crippen LogP contribution in [0.25, 0.3) is 0 Å². The fourth-order valence-electron chi connectivity index (χ4n) is 2.25. The standard InChI is InChI=1S/C16H19N3O2/c1-2-5-14(17)15(20)18-13-8-6-12(7-9-13)16(21)19-10-3-4-11-19/h1,6-9,14H,3-5,10-11,17H2,(H,18,20). The summed E-state index contributed by atoms with van der Waals surface area (Å²) in [6.07, 6.45) is 7.44. The number of hydrogen-bond acceptors (Lipinski definition) is 3. The van der Waals surface area contributed by atoms with Crippen LogP contribution in [0, 0.1) is 12.3 Å². The quantitative estimate of drug-likeness (QED) is 0.817. The highest BCUT2D eigenvalue weighted by Crippen LogP contribution is 2.15. The number of likely N-dealkylation sites (tertiary alicyclic amines) is 1. The lowest BCUT2D eigenvalue weighted by Gasteiger charge is -2.15. The van der Waals surface area contributed by atoms with E-state index < -0.39 is 6.04 Å². The molecule has 0 saturated carbocycles. The first kappa shape index (κ1) is 15.1. The number of carbonyl (C=O) groups is 2. The molecule has 1 heterocycles. The SMILES string of the molecule is C#CCC(N)C(=O)Nc1ccc(C(=O)N2CCCC2)cc1. The van der Waals surface area contributed by atoms with E-state index in [0.29, 0.717) is 11.3 Å². The molecule has 1 aromatic rings. The molecule has 1 atom stereocenters. The number of amides is 2. The van der Waals surface area contributed by atoms with Crippen LogP contribution in [0.2, 0.25) is 0 Å². The Labute approximate surface area is 124 Å². The number of benzene rings is 1. The van der Waals surface area contributed by atoms with Gasteiger partial charge >= 0.3 is 0 Å². The molecule has 0 aromatic heterocycles. The van der Waals surface area contributed by atoms with Crippen LogP contribution in [0.1, 0.15) is 29.6 Å². The highest BCUT2D eigenvalue weighted by atomic mass is 16.2. The first-order valence-electron chi connectivity index (χ1n) is 7.01. The largest absolute Gasteiger partial charge is 0.339 e. The molecule has 1 aliphatic rings. The van der Waals surface area contributed by atoms with Crippen molar-refractivity contribution in [3.05, 3.63) is 29.8 Å². The topological polar surface area (TPSA) is 75.4 Å². The van der Waals surface area contributed by atoms with Gasteiger partial charge in [0, 0.05) is 30.8 Å². The number of rotatable bonds is 4. The average molecular weight is 285 g/mol. The zero-order valence-electron chi connectivity index (χ0n) is 11.8. The van der Waals surface area contributed by atoms with Crippen LogP contribution >= 0.6 is 0 Å². The van der Waals surface area contributed by atoms with E-state index in [-0.39, 0.29) is 18.2 Å². The van der Waals surface area contributed by atoms with E-state index in [1.807, 2.05) is 4.90 Å². The zero-order valence-corrected chi connectivity index (χ0v) is 11.8. The van der Waals surface area contributed by atoms with Crippen molar-refractivity contribution in [2.45, 2.75) is 25.3 Å². The number of nitrogens with two attached hydrogens (primary N) is 1. The lowest BCUT2D eigenvalue weighted by atomic mass is 10.1. The van der Waals surface area contributed by atoms with Crippen LogP contribution < -0.4 is 11.1 Å². The lowest BCUT2D eigenvalue weighted by molar-refractivity contribution is -0.117. The van der Waals surface area contributed by atoms with Gasteiger partial charge in [-0.2, -0.15) is 0 Å². The van der Waals surface area contributed by atoms with Gasteiger partial charge in [-0.05, 0) is 37.1 Å². The maximum Gasteiger partial charge on any atom is 0.253 e. The summed E-state index contributed by atoms with van der Waals surface area (Å²) in [6, 6.07) is 6.10. The molecule has 5 nitrogen and oxygen atoms in total. The van der Waals surface area contributed by atoms with Gasteiger partial charge in [0.05, 0.1) is 6.04 Å². The molecule has 0 spiro atoms. The number of nitrogens with zero attached hydrogens (tertiary/aromatic N) is 1. The monoisotopic (exact) mass is 285 g/mol. The van der Waals surface area contributed by atoms with E-state index >= 15 is 0 Å². The summed E-state index contributed by atoms with van der Waals surface area (Å²) >= 11 is 0. The zero-order chi connectivity index (χ0) is 15.2. The summed E-state index contributed by atoms with van der Waals surface area (Å²) < 4.78 is 0. The van der Waals surface area contributed by atoms with Crippen LogP contribution in [0.3, 0.4) is 0 Å². The predicted octanol–water partition coefficient (Wildman–Crippen LogP) is 1.21. The minimum atomic E-state index is -0.721. The van der Waals surface area contributed by atoms with Gasteiger partial charge in [0.15, 0.2) is 0 Å². The van der Waals surface area contributed by atoms with Crippen LogP contribution in [-0.2, 0) is 4.79 Å². The number of hydrogen-bond donors (Lipinski definition) is 2. The van der Waals surface area contributed by atoms with Crippen LogP contribution in [-0.4, -0.2) is 35.8 Å². The first-order valence-corrected chi connectivity index (χ1v) is 7.01. The Morgan fingerprint density at radius 1 is 1.29 bits per heavy atom. The molecular weight excluding hydrogens is 266 g/mol.